The topological polar surface area (TPSA) is 46.5 Å². The number of hydrogen-bond acceptors (Lipinski definition) is 2. The Kier molecular flexibility index (Phi) is 7.52. The summed E-state index contributed by atoms with van der Waals surface area (Å²) >= 11 is 6.20. The second kappa shape index (κ2) is 9.38. The standard InChI is InChI=1S/C21H19ClF6O3/c1-11(2)7-16(19(29)30)13-8-15(12-3-5-14(6-4-12)21(26,27)28)18(22)17(9-13)31-10-20(23,24)25/h3-6,8-9,11,16H,7,10H2,1-2H3,(H,29,30). The lowest BCUT2D eigenvalue weighted by atomic mass is 9.88. The number of benzene rings is 2. The van der Waals surface area contributed by atoms with Gasteiger partial charge in [-0.3, -0.25) is 4.79 Å². The minimum atomic E-state index is -4.67. The smallest absolute Gasteiger partial charge is 0.422 e. The lowest BCUT2D eigenvalue weighted by molar-refractivity contribution is -0.153. The highest BCUT2D eigenvalue weighted by molar-refractivity contribution is 6.34. The van der Waals surface area contributed by atoms with E-state index < -0.39 is 42.2 Å². The number of aliphatic carboxylic acids is 1. The van der Waals surface area contributed by atoms with E-state index in [0.717, 1.165) is 30.3 Å². The van der Waals surface area contributed by atoms with E-state index in [4.69, 9.17) is 16.3 Å². The van der Waals surface area contributed by atoms with E-state index in [1.807, 2.05) is 0 Å². The molecular weight excluding hydrogens is 450 g/mol. The highest BCUT2D eigenvalue weighted by Gasteiger charge is 2.31. The van der Waals surface area contributed by atoms with Crippen LogP contribution in [0.5, 0.6) is 5.75 Å². The van der Waals surface area contributed by atoms with Crippen molar-refractivity contribution in [3.8, 4) is 16.9 Å². The molecule has 0 spiro atoms. The first-order chi connectivity index (χ1) is 14.2. The third-order valence-corrected chi connectivity index (χ3v) is 4.77. The summed E-state index contributed by atoms with van der Waals surface area (Å²) in [6.45, 7) is 1.90. The Balaban J connectivity index is 2.61. The van der Waals surface area contributed by atoms with Crippen LogP contribution in [0.25, 0.3) is 11.1 Å². The lowest BCUT2D eigenvalue weighted by Crippen LogP contribution is -2.20. The van der Waals surface area contributed by atoms with Gasteiger partial charge in [0.05, 0.1) is 16.5 Å². The predicted molar refractivity (Wildman–Crippen MR) is 103 cm³/mol. The molecule has 0 aliphatic rings. The molecule has 0 fully saturated rings. The molecule has 1 unspecified atom stereocenters. The Bertz CT molecular complexity index is 920. The Morgan fingerprint density at radius 3 is 2.10 bits per heavy atom. The van der Waals surface area contributed by atoms with Crippen LogP contribution in [0.15, 0.2) is 36.4 Å². The second-order valence-electron chi connectivity index (χ2n) is 7.38. The summed E-state index contributed by atoms with van der Waals surface area (Å²) < 4.78 is 81.2. The van der Waals surface area contributed by atoms with Gasteiger partial charge in [0.1, 0.15) is 5.75 Å². The van der Waals surface area contributed by atoms with Crippen molar-refractivity contribution < 1.29 is 41.0 Å². The minimum absolute atomic E-state index is 0.0501. The average molecular weight is 469 g/mol. The maximum Gasteiger partial charge on any atom is 0.422 e. The molecule has 0 heterocycles. The highest BCUT2D eigenvalue weighted by atomic mass is 35.5. The van der Waals surface area contributed by atoms with Gasteiger partial charge in [-0.15, -0.1) is 0 Å². The van der Waals surface area contributed by atoms with Crippen LogP contribution in [0.2, 0.25) is 5.02 Å². The molecule has 1 N–H and O–H groups in total. The predicted octanol–water partition coefficient (Wildman–Crippen LogP) is 7.18. The molecule has 1 atom stereocenters. The maximum atomic E-state index is 12.8. The van der Waals surface area contributed by atoms with E-state index >= 15 is 0 Å². The first kappa shape index (κ1) is 24.8. The molecule has 0 radical (unpaired) electrons. The molecule has 2 aromatic carbocycles. The van der Waals surface area contributed by atoms with Gasteiger partial charge in [-0.1, -0.05) is 37.6 Å². The molecule has 0 aliphatic heterocycles. The van der Waals surface area contributed by atoms with Gasteiger partial charge in [-0.25, -0.2) is 0 Å². The van der Waals surface area contributed by atoms with Crippen molar-refractivity contribution in [3.63, 3.8) is 0 Å². The normalized spacial score (nSPS) is 13.4. The number of carboxylic acid groups (broad SMARTS) is 1. The molecule has 0 aliphatic carbocycles. The molecule has 3 nitrogen and oxygen atoms in total. The fourth-order valence-electron chi connectivity index (χ4n) is 2.98. The Morgan fingerprint density at radius 2 is 1.65 bits per heavy atom. The quantitative estimate of drug-likeness (QED) is 0.438. The van der Waals surface area contributed by atoms with Gasteiger partial charge < -0.3 is 9.84 Å². The summed E-state index contributed by atoms with van der Waals surface area (Å²) in [4.78, 5) is 11.8. The maximum absolute atomic E-state index is 12.8. The van der Waals surface area contributed by atoms with E-state index in [1.165, 1.54) is 6.07 Å². The molecular formula is C21H19ClF6O3. The van der Waals surface area contributed by atoms with Crippen LogP contribution in [-0.2, 0) is 11.0 Å². The first-order valence-electron chi connectivity index (χ1n) is 9.12. The monoisotopic (exact) mass is 468 g/mol. The molecule has 0 saturated carbocycles. The summed E-state index contributed by atoms with van der Waals surface area (Å²) in [6.07, 6.45) is -9.06. The van der Waals surface area contributed by atoms with Gasteiger partial charge in [-0.2, -0.15) is 26.3 Å². The van der Waals surface area contributed by atoms with Crippen molar-refractivity contribution in [1.29, 1.82) is 0 Å². The van der Waals surface area contributed by atoms with Crippen molar-refractivity contribution in [2.75, 3.05) is 6.61 Å². The zero-order valence-corrected chi connectivity index (χ0v) is 17.2. The zero-order valence-electron chi connectivity index (χ0n) is 16.4. The third-order valence-electron chi connectivity index (χ3n) is 4.38. The van der Waals surface area contributed by atoms with E-state index in [0.29, 0.717) is 0 Å². The van der Waals surface area contributed by atoms with Crippen molar-refractivity contribution >= 4 is 17.6 Å². The van der Waals surface area contributed by atoms with E-state index in [9.17, 15) is 36.2 Å². The van der Waals surface area contributed by atoms with Crippen molar-refractivity contribution in [2.45, 2.75) is 38.5 Å². The van der Waals surface area contributed by atoms with Gasteiger partial charge in [0, 0.05) is 5.56 Å². The molecule has 0 aromatic heterocycles. The highest BCUT2D eigenvalue weighted by Crippen LogP contribution is 2.41. The molecule has 0 bridgehead atoms. The summed E-state index contributed by atoms with van der Waals surface area (Å²) in [6, 6.07) is 6.31. The van der Waals surface area contributed by atoms with Crippen LogP contribution in [0.3, 0.4) is 0 Å². The lowest BCUT2D eigenvalue weighted by Gasteiger charge is -2.20. The van der Waals surface area contributed by atoms with E-state index in [-0.39, 0.29) is 34.1 Å². The number of halogens is 7. The van der Waals surface area contributed by atoms with Crippen molar-refractivity contribution in [2.24, 2.45) is 5.92 Å². The summed E-state index contributed by atoms with van der Waals surface area (Å²) in [5.41, 5.74) is -0.538. The molecule has 2 aromatic rings. The molecule has 0 amide bonds. The number of carboxylic acids is 1. The molecule has 2 rings (SSSR count). The van der Waals surface area contributed by atoms with Crippen LogP contribution in [-0.4, -0.2) is 23.9 Å². The number of hydrogen-bond donors (Lipinski definition) is 1. The van der Waals surface area contributed by atoms with E-state index in [2.05, 4.69) is 0 Å². The van der Waals surface area contributed by atoms with Gasteiger partial charge in [-0.05, 0) is 47.7 Å². The van der Waals surface area contributed by atoms with Gasteiger partial charge in [0.15, 0.2) is 6.61 Å². The van der Waals surface area contributed by atoms with E-state index in [1.54, 1.807) is 13.8 Å². The molecule has 10 heteroatoms. The number of carbonyl (C=O) groups is 1. The largest absolute Gasteiger partial charge is 0.483 e. The summed E-state index contributed by atoms with van der Waals surface area (Å²) in [7, 11) is 0. The van der Waals surface area contributed by atoms with Crippen molar-refractivity contribution in [3.05, 3.63) is 52.5 Å². The Morgan fingerprint density at radius 1 is 1.06 bits per heavy atom. The van der Waals surface area contributed by atoms with Gasteiger partial charge in [0.25, 0.3) is 0 Å². The molecule has 0 saturated heterocycles. The fraction of sp³-hybridized carbons (Fsp3) is 0.381. The number of alkyl halides is 6. The van der Waals surface area contributed by atoms with Crippen LogP contribution in [0.4, 0.5) is 26.3 Å². The second-order valence-corrected chi connectivity index (χ2v) is 7.76. The molecule has 31 heavy (non-hydrogen) atoms. The zero-order chi connectivity index (χ0) is 23.6. The summed E-state index contributed by atoms with van der Waals surface area (Å²) in [5, 5.41) is 9.34. The SMILES string of the molecule is CC(C)CC(C(=O)O)c1cc(OCC(F)(F)F)c(Cl)c(-c2ccc(C(F)(F)F)cc2)c1. The Hall–Kier alpha value is -2.42. The van der Waals surface area contributed by atoms with Crippen LogP contribution in [0.1, 0.15) is 37.3 Å². The van der Waals surface area contributed by atoms with Crippen LogP contribution < -0.4 is 4.74 Å². The number of ether oxygens (including phenoxy) is 1. The third kappa shape index (κ3) is 6.78. The average Bonchev–Trinajstić information content (AvgIpc) is 2.64. The molecule has 170 valence electrons. The number of rotatable bonds is 7. The van der Waals surface area contributed by atoms with Gasteiger partial charge in [0.2, 0.25) is 0 Å². The first-order valence-corrected chi connectivity index (χ1v) is 9.50. The van der Waals surface area contributed by atoms with Gasteiger partial charge >= 0.3 is 18.3 Å². The van der Waals surface area contributed by atoms with Crippen LogP contribution >= 0.6 is 11.6 Å². The van der Waals surface area contributed by atoms with Crippen molar-refractivity contribution in [1.82, 2.24) is 0 Å². The van der Waals surface area contributed by atoms with Crippen LogP contribution in [0, 0.1) is 5.92 Å². The Labute approximate surface area is 179 Å². The minimum Gasteiger partial charge on any atom is -0.483 e. The summed E-state index contributed by atoms with van der Waals surface area (Å²) in [5.74, 6) is -2.72. The fourth-order valence-corrected chi connectivity index (χ4v) is 3.26.